The second-order valence-corrected chi connectivity index (χ2v) is 7.44. The van der Waals surface area contributed by atoms with Crippen molar-refractivity contribution in [1.29, 1.82) is 0 Å². The van der Waals surface area contributed by atoms with E-state index in [9.17, 15) is 18.4 Å². The summed E-state index contributed by atoms with van der Waals surface area (Å²) in [7, 11) is 0. The number of carbonyl (C=O) groups excluding carboxylic acids is 2. The van der Waals surface area contributed by atoms with Crippen molar-refractivity contribution in [2.24, 2.45) is 0 Å². The molecule has 3 aromatic rings. The molecule has 0 radical (unpaired) electrons. The Hall–Kier alpha value is -3.66. The van der Waals surface area contributed by atoms with E-state index < -0.39 is 17.7 Å². The molecule has 2 amide bonds. The number of para-hydroxylation sites is 1. The Labute approximate surface area is 183 Å². The van der Waals surface area contributed by atoms with Crippen LogP contribution in [-0.4, -0.2) is 50.6 Å². The fourth-order valence-corrected chi connectivity index (χ4v) is 3.72. The van der Waals surface area contributed by atoms with E-state index >= 15 is 0 Å². The molecule has 0 spiro atoms. The standard InChI is InChI=1S/C22H22F2N6O2/c23-17-6-3-5-16(21(17)24)12-29-9-8-26-22(32)19(29)10-20(31)27-11-15-4-1-2-7-18(15)30-14-25-13-28-30/h1-7,13-14,19H,8-12H2,(H,26,32)(H,27,31). The smallest absolute Gasteiger partial charge is 0.237 e. The molecular formula is C22H22F2N6O2. The largest absolute Gasteiger partial charge is 0.353 e. The Morgan fingerprint density at radius 3 is 2.78 bits per heavy atom. The van der Waals surface area contributed by atoms with Crippen molar-refractivity contribution in [3.63, 3.8) is 0 Å². The van der Waals surface area contributed by atoms with E-state index in [0.717, 1.165) is 17.3 Å². The minimum Gasteiger partial charge on any atom is -0.353 e. The lowest BCUT2D eigenvalue weighted by atomic mass is 10.1. The second-order valence-electron chi connectivity index (χ2n) is 7.44. The Balaban J connectivity index is 1.42. The highest BCUT2D eigenvalue weighted by Crippen LogP contribution is 2.18. The molecule has 1 atom stereocenters. The highest BCUT2D eigenvalue weighted by molar-refractivity contribution is 5.88. The molecule has 1 saturated heterocycles. The number of nitrogens with zero attached hydrogens (tertiary/aromatic N) is 4. The summed E-state index contributed by atoms with van der Waals surface area (Å²) < 4.78 is 29.3. The predicted octanol–water partition coefficient (Wildman–Crippen LogP) is 1.55. The van der Waals surface area contributed by atoms with Crippen molar-refractivity contribution >= 4 is 11.8 Å². The number of piperazine rings is 1. The van der Waals surface area contributed by atoms with E-state index in [-0.39, 0.29) is 36.9 Å². The summed E-state index contributed by atoms with van der Waals surface area (Å²) in [6.45, 7) is 1.07. The maximum Gasteiger partial charge on any atom is 0.237 e. The average molecular weight is 440 g/mol. The van der Waals surface area contributed by atoms with Gasteiger partial charge < -0.3 is 10.6 Å². The van der Waals surface area contributed by atoms with Crippen LogP contribution in [0.3, 0.4) is 0 Å². The Kier molecular flexibility index (Phi) is 6.50. The molecule has 2 aromatic carbocycles. The summed E-state index contributed by atoms with van der Waals surface area (Å²) in [5.74, 6) is -2.52. The van der Waals surface area contributed by atoms with Crippen LogP contribution in [-0.2, 0) is 22.7 Å². The van der Waals surface area contributed by atoms with Crippen LogP contribution < -0.4 is 10.6 Å². The first-order valence-electron chi connectivity index (χ1n) is 10.2. The van der Waals surface area contributed by atoms with Crippen molar-refractivity contribution in [2.75, 3.05) is 13.1 Å². The minimum absolute atomic E-state index is 0.0318. The van der Waals surface area contributed by atoms with Crippen LogP contribution in [0.4, 0.5) is 8.78 Å². The zero-order valence-electron chi connectivity index (χ0n) is 17.2. The summed E-state index contributed by atoms with van der Waals surface area (Å²) >= 11 is 0. The van der Waals surface area contributed by atoms with E-state index in [1.54, 1.807) is 15.9 Å². The van der Waals surface area contributed by atoms with Gasteiger partial charge in [0.1, 0.15) is 12.7 Å². The van der Waals surface area contributed by atoms with Crippen LogP contribution in [0.2, 0.25) is 0 Å². The third-order valence-electron chi connectivity index (χ3n) is 5.36. The zero-order valence-corrected chi connectivity index (χ0v) is 17.2. The summed E-state index contributed by atoms with van der Waals surface area (Å²) in [5, 5.41) is 9.68. The molecule has 1 aliphatic heterocycles. The van der Waals surface area contributed by atoms with Gasteiger partial charge in [-0.25, -0.2) is 18.4 Å². The van der Waals surface area contributed by atoms with Crippen LogP contribution in [0.1, 0.15) is 17.5 Å². The molecule has 0 saturated carbocycles. The maximum atomic E-state index is 14.1. The average Bonchev–Trinajstić information content (AvgIpc) is 3.33. The topological polar surface area (TPSA) is 92.2 Å². The first-order chi connectivity index (χ1) is 15.5. The number of aromatic nitrogens is 3. The molecule has 1 unspecified atom stereocenters. The number of nitrogens with one attached hydrogen (secondary N) is 2. The number of hydrogen-bond donors (Lipinski definition) is 2. The van der Waals surface area contributed by atoms with E-state index in [0.29, 0.717) is 13.1 Å². The van der Waals surface area contributed by atoms with Gasteiger partial charge in [-0.1, -0.05) is 30.3 Å². The number of halogens is 2. The zero-order chi connectivity index (χ0) is 22.5. The number of amides is 2. The van der Waals surface area contributed by atoms with Crippen LogP contribution in [0.15, 0.2) is 55.1 Å². The fraction of sp³-hybridized carbons (Fsp3) is 0.273. The fourth-order valence-electron chi connectivity index (χ4n) is 3.72. The summed E-state index contributed by atoms with van der Waals surface area (Å²) in [4.78, 5) is 30.7. The van der Waals surface area contributed by atoms with Gasteiger partial charge in [0, 0.05) is 31.7 Å². The molecule has 0 bridgehead atoms. The number of carbonyl (C=O) groups is 2. The molecule has 0 aliphatic carbocycles. The van der Waals surface area contributed by atoms with Crippen LogP contribution in [0.25, 0.3) is 5.69 Å². The van der Waals surface area contributed by atoms with Gasteiger partial charge in [0.15, 0.2) is 11.6 Å². The molecule has 10 heteroatoms. The highest BCUT2D eigenvalue weighted by atomic mass is 19.2. The lowest BCUT2D eigenvalue weighted by molar-refractivity contribution is -0.134. The predicted molar refractivity (Wildman–Crippen MR) is 111 cm³/mol. The monoisotopic (exact) mass is 440 g/mol. The molecule has 2 heterocycles. The molecule has 1 fully saturated rings. The van der Waals surface area contributed by atoms with E-state index in [1.807, 2.05) is 24.3 Å². The number of hydrogen-bond acceptors (Lipinski definition) is 5. The molecule has 1 aromatic heterocycles. The minimum atomic E-state index is -0.940. The third kappa shape index (κ3) is 4.80. The molecule has 4 rings (SSSR count). The van der Waals surface area contributed by atoms with Crippen LogP contribution >= 0.6 is 0 Å². The van der Waals surface area contributed by atoms with Crippen molar-refractivity contribution in [3.8, 4) is 5.69 Å². The van der Waals surface area contributed by atoms with E-state index in [1.165, 1.54) is 18.5 Å². The second kappa shape index (κ2) is 9.65. The molecule has 1 aliphatic rings. The van der Waals surface area contributed by atoms with Gasteiger partial charge >= 0.3 is 0 Å². The summed E-state index contributed by atoms with van der Waals surface area (Å²) in [6.07, 6.45) is 2.89. The first kappa shape index (κ1) is 21.6. The van der Waals surface area contributed by atoms with Gasteiger partial charge in [-0.3, -0.25) is 14.5 Å². The van der Waals surface area contributed by atoms with E-state index in [2.05, 4.69) is 20.7 Å². The van der Waals surface area contributed by atoms with E-state index in [4.69, 9.17) is 0 Å². The van der Waals surface area contributed by atoms with Gasteiger partial charge in [-0.2, -0.15) is 5.10 Å². The van der Waals surface area contributed by atoms with Crippen LogP contribution in [0, 0.1) is 11.6 Å². The quantitative estimate of drug-likeness (QED) is 0.582. The van der Waals surface area contributed by atoms with Crippen molar-refractivity contribution in [3.05, 3.63) is 77.9 Å². The van der Waals surface area contributed by atoms with Gasteiger partial charge in [-0.05, 0) is 17.7 Å². The van der Waals surface area contributed by atoms with Crippen molar-refractivity contribution in [2.45, 2.75) is 25.6 Å². The third-order valence-corrected chi connectivity index (χ3v) is 5.36. The molecule has 32 heavy (non-hydrogen) atoms. The molecule has 8 nitrogen and oxygen atoms in total. The molecule has 166 valence electrons. The highest BCUT2D eigenvalue weighted by Gasteiger charge is 2.32. The molecule has 2 N–H and O–H groups in total. The van der Waals surface area contributed by atoms with Gasteiger partial charge in [0.25, 0.3) is 0 Å². The summed E-state index contributed by atoms with van der Waals surface area (Å²) in [6, 6.07) is 10.6. The molecular weight excluding hydrogens is 418 g/mol. The maximum absolute atomic E-state index is 14.1. The van der Waals surface area contributed by atoms with Gasteiger partial charge in [0.05, 0.1) is 18.2 Å². The van der Waals surface area contributed by atoms with Crippen molar-refractivity contribution < 1.29 is 18.4 Å². The lowest BCUT2D eigenvalue weighted by Gasteiger charge is -2.34. The normalized spacial score (nSPS) is 16.6. The first-order valence-corrected chi connectivity index (χ1v) is 10.2. The summed E-state index contributed by atoms with van der Waals surface area (Å²) in [5.41, 5.74) is 1.76. The Morgan fingerprint density at radius 2 is 1.97 bits per heavy atom. The van der Waals surface area contributed by atoms with Crippen molar-refractivity contribution in [1.82, 2.24) is 30.3 Å². The number of benzene rings is 2. The van der Waals surface area contributed by atoms with Gasteiger partial charge in [0.2, 0.25) is 11.8 Å². The lowest BCUT2D eigenvalue weighted by Crippen LogP contribution is -2.56. The van der Waals surface area contributed by atoms with Gasteiger partial charge in [-0.15, -0.1) is 0 Å². The Bertz CT molecular complexity index is 1110. The number of rotatable bonds is 7. The SMILES string of the molecule is O=C(CC1C(=O)NCCN1Cc1cccc(F)c1F)NCc1ccccc1-n1cncn1. The Morgan fingerprint density at radius 1 is 1.16 bits per heavy atom. The van der Waals surface area contributed by atoms with Crippen LogP contribution in [0.5, 0.6) is 0 Å².